The highest BCUT2D eigenvalue weighted by Crippen LogP contribution is 2.44. The third-order valence-corrected chi connectivity index (χ3v) is 15.6. The number of amides is 9. The van der Waals surface area contributed by atoms with Crippen LogP contribution < -0.4 is 42.1 Å². The van der Waals surface area contributed by atoms with E-state index in [1.54, 1.807) is 20.8 Å². The Balaban J connectivity index is 0.00000637. The van der Waals surface area contributed by atoms with Crippen LogP contribution in [0.5, 0.6) is 0 Å². The molecule has 0 fully saturated rings. The molecule has 588 valence electrons. The van der Waals surface area contributed by atoms with Crippen molar-refractivity contribution in [2.45, 2.75) is 215 Å². The van der Waals surface area contributed by atoms with Crippen LogP contribution in [0.1, 0.15) is 183 Å². The Morgan fingerprint density at radius 1 is 0.611 bits per heavy atom. The Labute approximate surface area is 625 Å². The summed E-state index contributed by atoms with van der Waals surface area (Å²) < 4.78 is 26.9. The molecular weight excluding hydrogens is 1410 g/mol. The standard InChI is InChI=1S/C72H99N11O19.2CO2/c1-17-18-30-50(56(86)32-43(35-69(4,5)6)62(91)76-41(2)61(90)78-53(36-70(7,8)9)63(92)75-38-59(89)98-16)77-57(87)37-74-65(94)60(80-64(93)51(81-82-73)34-58(88)101-71(10,11)12)42(3)100-66(95)52(33-55(85)48-29-23-24-31-54(48)83(40-84)68(97)102-72(13,14)15)79-67(96)99-39-49-46-27-21-19-25-44(46)45-26-20-22-28-47(45)49;2*2-1-3/h19-29,31,40-43,49-53,60H,17-18,30,32-39H2,1-16H3,(H,74,94)(H,75,92)(H,76,91)(H,77,87)(H,78,90)(H,79,96)(H,80,93);;/t41-,42-,43+,50+,51+,52+,53+,60+;;/m1../s1. The molecule has 8 atom stereocenters. The average molecular weight is 1510 g/mol. The zero-order valence-electron chi connectivity index (χ0n) is 63.7. The monoisotopic (exact) mass is 1510 g/mol. The SMILES string of the molecule is CCCC[C@H](NC(=O)CNC(=O)[C@@H](NC(=O)[C@H](CC(=O)OC(C)(C)C)N=[N+]=[N-])[C@@H](C)OC(=O)[C@H](CC(=O)c1ccccc1N(C=O)C(=O)OC(C)(C)C)NC(=O)OCC1c2ccccc2-c2ccccc21)C(=O)C[C@@H](CC(C)(C)C)C(=O)N[C@H](C)C(=O)N[C@@H](CC(C)(C)C)C(=O)NCC(=O)OC.O=C=O.O=C=O. The van der Waals surface area contributed by atoms with Crippen molar-refractivity contribution < 1.29 is 110 Å². The largest absolute Gasteiger partial charge is 0.468 e. The first-order valence-electron chi connectivity index (χ1n) is 34.4. The average Bonchev–Trinajstić information content (AvgIpc) is 1.61. The van der Waals surface area contributed by atoms with E-state index >= 15 is 0 Å². The van der Waals surface area contributed by atoms with Crippen LogP contribution in [0, 0.1) is 16.7 Å². The molecule has 0 unspecified atom stereocenters. The maximum atomic E-state index is 14.8. The quantitative estimate of drug-likeness (QED) is 0.00651. The van der Waals surface area contributed by atoms with Crippen molar-refractivity contribution in [3.63, 3.8) is 0 Å². The van der Waals surface area contributed by atoms with Crippen molar-refractivity contribution in [3.05, 3.63) is 99.9 Å². The number of nitrogens with one attached hydrogen (secondary N) is 7. The summed E-state index contributed by atoms with van der Waals surface area (Å²) in [7, 11) is 1.15. The lowest BCUT2D eigenvalue weighted by Gasteiger charge is -2.29. The molecule has 0 saturated carbocycles. The summed E-state index contributed by atoms with van der Waals surface area (Å²) in [5.41, 5.74) is 9.20. The summed E-state index contributed by atoms with van der Waals surface area (Å²) in [5, 5.41) is 20.8. The zero-order valence-corrected chi connectivity index (χ0v) is 63.7. The Morgan fingerprint density at radius 2 is 1.16 bits per heavy atom. The summed E-state index contributed by atoms with van der Waals surface area (Å²) in [6.45, 7) is 23.0. The van der Waals surface area contributed by atoms with Gasteiger partial charge in [-0.05, 0) is 125 Å². The van der Waals surface area contributed by atoms with Gasteiger partial charge in [0.1, 0.15) is 60.7 Å². The highest BCUT2D eigenvalue weighted by Gasteiger charge is 2.40. The van der Waals surface area contributed by atoms with Gasteiger partial charge in [-0.25, -0.2) is 19.3 Å². The number of ketones is 2. The van der Waals surface area contributed by atoms with Crippen LogP contribution in [0.3, 0.4) is 0 Å². The third-order valence-electron chi connectivity index (χ3n) is 15.6. The lowest BCUT2D eigenvalue weighted by Crippen LogP contribution is -2.57. The predicted molar refractivity (Wildman–Crippen MR) is 383 cm³/mol. The third kappa shape index (κ3) is 32.5. The van der Waals surface area contributed by atoms with Crippen molar-refractivity contribution >= 4 is 102 Å². The molecule has 108 heavy (non-hydrogen) atoms. The van der Waals surface area contributed by atoms with E-state index in [-0.39, 0.29) is 55.8 Å². The van der Waals surface area contributed by atoms with Gasteiger partial charge in [0.05, 0.1) is 31.8 Å². The van der Waals surface area contributed by atoms with E-state index in [4.69, 9.17) is 38.1 Å². The van der Waals surface area contributed by atoms with E-state index in [2.05, 4.69) is 52.0 Å². The van der Waals surface area contributed by atoms with E-state index in [9.17, 15) is 72.7 Å². The second-order valence-corrected chi connectivity index (χ2v) is 29.4. The lowest BCUT2D eigenvalue weighted by atomic mass is 9.81. The fourth-order valence-electron chi connectivity index (χ4n) is 11.0. The summed E-state index contributed by atoms with van der Waals surface area (Å²) in [6.07, 6.45) is -4.63. The fraction of sp³-hybridized carbons (Fsp3) is 0.541. The molecule has 34 heteroatoms. The Bertz CT molecular complexity index is 3760. The molecular formula is C74H99N11O23. The maximum absolute atomic E-state index is 14.8. The van der Waals surface area contributed by atoms with Gasteiger partial charge in [0.2, 0.25) is 41.9 Å². The molecule has 0 saturated heterocycles. The van der Waals surface area contributed by atoms with Crippen LogP contribution in [0.4, 0.5) is 15.3 Å². The van der Waals surface area contributed by atoms with E-state index in [0.717, 1.165) is 36.3 Å². The molecule has 0 radical (unpaired) electrons. The van der Waals surface area contributed by atoms with Gasteiger partial charge in [-0.2, -0.15) is 19.2 Å². The number of methoxy groups -OCH3 is 1. The number of fused-ring (bicyclic) bond motifs is 3. The minimum Gasteiger partial charge on any atom is -0.468 e. The van der Waals surface area contributed by atoms with Crippen LogP contribution in [0.15, 0.2) is 77.9 Å². The molecule has 34 nitrogen and oxygen atoms in total. The number of alkyl carbamates (subject to hydrolysis) is 1. The Morgan fingerprint density at radius 3 is 1.69 bits per heavy atom. The fourth-order valence-corrected chi connectivity index (χ4v) is 11.0. The van der Waals surface area contributed by atoms with Crippen molar-refractivity contribution in [1.29, 1.82) is 0 Å². The molecule has 1 aliphatic carbocycles. The number of imide groups is 1. The summed E-state index contributed by atoms with van der Waals surface area (Å²) in [4.78, 5) is 228. The van der Waals surface area contributed by atoms with Crippen LogP contribution in [-0.2, 0) is 95.6 Å². The van der Waals surface area contributed by atoms with Gasteiger partial charge in [0, 0.05) is 35.2 Å². The number of hydrogen-bond acceptors (Lipinski definition) is 24. The van der Waals surface area contributed by atoms with E-state index in [1.807, 2.05) is 97.0 Å². The number of carbonyl (C=O) groups excluding carboxylic acids is 18. The second kappa shape index (κ2) is 43.8. The van der Waals surface area contributed by atoms with Crippen molar-refractivity contribution in [2.24, 2.45) is 21.9 Å². The van der Waals surface area contributed by atoms with Crippen LogP contribution in [-0.4, -0.2) is 176 Å². The van der Waals surface area contributed by atoms with E-state index in [0.29, 0.717) is 17.7 Å². The molecule has 4 rings (SSSR count). The first-order valence-corrected chi connectivity index (χ1v) is 34.4. The summed E-state index contributed by atoms with van der Waals surface area (Å²) in [6, 6.07) is 10.6. The number of unbranched alkanes of at least 4 members (excludes halogenated alkanes) is 1. The van der Waals surface area contributed by atoms with E-state index in [1.165, 1.54) is 52.0 Å². The van der Waals surface area contributed by atoms with E-state index < -0.39 is 186 Å². The highest BCUT2D eigenvalue weighted by molar-refractivity contribution is 6.11. The normalized spacial score (nSPS) is 13.7. The van der Waals surface area contributed by atoms with Gasteiger partial charge in [0.25, 0.3) is 0 Å². The van der Waals surface area contributed by atoms with Crippen molar-refractivity contribution in [1.82, 2.24) is 37.2 Å². The number of Topliss-reactive ketones (excluding diaryl/α,β-unsaturated/α-hetero) is 2. The molecule has 7 N–H and O–H groups in total. The van der Waals surface area contributed by atoms with Gasteiger partial charge in [-0.1, -0.05) is 127 Å². The van der Waals surface area contributed by atoms with Crippen LogP contribution in [0.2, 0.25) is 0 Å². The smallest absolute Gasteiger partial charge is 0.421 e. The first kappa shape index (κ1) is 92.6. The zero-order chi connectivity index (χ0) is 82.0. The number of hydrogen-bond donors (Lipinski definition) is 7. The number of carbonyl (C=O) groups is 14. The highest BCUT2D eigenvalue weighted by atomic mass is 16.6. The number of nitrogens with zero attached hydrogens (tertiary/aromatic N) is 4. The molecule has 0 spiro atoms. The minimum atomic E-state index is -2.07. The van der Waals surface area contributed by atoms with Crippen LogP contribution >= 0.6 is 0 Å². The molecule has 9 amide bonds. The number of azide groups is 1. The number of rotatable bonds is 35. The molecule has 3 aromatic carbocycles. The molecule has 3 aromatic rings. The maximum Gasteiger partial charge on any atom is 0.421 e. The molecule has 0 aromatic heterocycles. The number of benzene rings is 3. The number of anilines is 1. The first-order chi connectivity index (χ1) is 50.4. The molecule has 0 bridgehead atoms. The molecule has 0 aliphatic heterocycles. The summed E-state index contributed by atoms with van der Waals surface area (Å²) in [5.74, 6) is -11.8. The molecule has 1 aliphatic rings. The minimum absolute atomic E-state index is 0.0629. The number of esters is 3. The Hall–Kier alpha value is -11.5. The predicted octanol–water partition coefficient (Wildman–Crippen LogP) is 6.24. The van der Waals surface area contributed by atoms with Gasteiger partial charge in [-0.15, -0.1) is 0 Å². The van der Waals surface area contributed by atoms with Crippen molar-refractivity contribution in [3.8, 4) is 11.1 Å². The van der Waals surface area contributed by atoms with Gasteiger partial charge < -0.3 is 60.9 Å². The summed E-state index contributed by atoms with van der Waals surface area (Å²) >= 11 is 0. The van der Waals surface area contributed by atoms with Gasteiger partial charge >= 0.3 is 42.4 Å². The second-order valence-electron chi connectivity index (χ2n) is 29.4. The Kier molecular flexibility index (Phi) is 37.6. The van der Waals surface area contributed by atoms with Crippen molar-refractivity contribution in [2.75, 3.05) is 31.7 Å². The molecule has 0 heterocycles. The number of ether oxygens (including phenoxy) is 5. The number of para-hydroxylation sites is 1. The topological polar surface area (TPSA) is 490 Å². The lowest BCUT2D eigenvalue weighted by molar-refractivity contribution is -0.193. The van der Waals surface area contributed by atoms with Gasteiger partial charge in [-0.3, -0.25) is 52.7 Å². The van der Waals surface area contributed by atoms with Gasteiger partial charge in [0.15, 0.2) is 11.6 Å². The van der Waals surface area contributed by atoms with Crippen LogP contribution in [0.25, 0.3) is 21.6 Å².